The third kappa shape index (κ3) is 4.87. The maximum absolute atomic E-state index is 6.09. The predicted molar refractivity (Wildman–Crippen MR) is 105 cm³/mol. The van der Waals surface area contributed by atoms with Crippen LogP contribution in [0.25, 0.3) is 11.5 Å². The topological polar surface area (TPSA) is 47.8 Å². The molecule has 0 atom stereocenters. The zero-order valence-corrected chi connectivity index (χ0v) is 16.4. The Morgan fingerprint density at radius 1 is 0.815 bits per heavy atom. The lowest BCUT2D eigenvalue weighted by Gasteiger charge is -2.29. The zero-order chi connectivity index (χ0) is 18.6. The van der Waals surface area contributed by atoms with Crippen molar-refractivity contribution in [3.05, 3.63) is 70.0 Å². The number of nitrogens with zero attached hydrogens (tertiary/aromatic N) is 2. The van der Waals surface area contributed by atoms with Gasteiger partial charge in [-0.25, -0.2) is 0 Å². The normalized spacial score (nSPS) is 19.9. The van der Waals surface area contributed by atoms with Crippen molar-refractivity contribution in [1.29, 1.82) is 0 Å². The van der Waals surface area contributed by atoms with Gasteiger partial charge in [0.05, 0.1) is 0 Å². The molecule has 3 aromatic rings. The molecule has 1 aliphatic heterocycles. The Labute approximate surface area is 168 Å². The largest absolute Gasteiger partial charge is 0.415 e. The predicted octanol–water partition coefficient (Wildman–Crippen LogP) is 1.53. The standard InChI is InChI=1S/C20H20Cl2N4O/c21-17-6-4-16(5-7-17)20-24-23-19(27-20)14-26-10-8-25(9-11-26)13-15-2-1-3-18(22)12-15/h1-7,12H,8-11,13-14H2/p+2. The van der Waals surface area contributed by atoms with Gasteiger partial charge in [0, 0.05) is 21.2 Å². The fourth-order valence-corrected chi connectivity index (χ4v) is 3.83. The van der Waals surface area contributed by atoms with Crippen LogP contribution in [0.5, 0.6) is 0 Å². The molecule has 2 N–H and O–H groups in total. The van der Waals surface area contributed by atoms with Crippen molar-refractivity contribution in [2.75, 3.05) is 26.2 Å². The summed E-state index contributed by atoms with van der Waals surface area (Å²) in [5.41, 5.74) is 2.19. The fraction of sp³-hybridized carbons (Fsp3) is 0.300. The molecule has 0 amide bonds. The second-order valence-corrected chi connectivity index (χ2v) is 7.86. The van der Waals surface area contributed by atoms with E-state index in [1.165, 1.54) is 10.5 Å². The number of hydrogen-bond acceptors (Lipinski definition) is 3. The summed E-state index contributed by atoms with van der Waals surface area (Å²) in [5.74, 6) is 1.24. The molecule has 1 fully saturated rings. The minimum absolute atomic E-state index is 0.547. The molecule has 1 aromatic heterocycles. The van der Waals surface area contributed by atoms with Crippen LogP contribution in [-0.2, 0) is 13.1 Å². The molecule has 4 rings (SSSR count). The van der Waals surface area contributed by atoms with Crippen LogP contribution in [0.15, 0.2) is 52.9 Å². The van der Waals surface area contributed by atoms with Crippen LogP contribution in [0.1, 0.15) is 11.5 Å². The van der Waals surface area contributed by atoms with Crippen LogP contribution in [0, 0.1) is 0 Å². The van der Waals surface area contributed by atoms with E-state index in [-0.39, 0.29) is 0 Å². The maximum Gasteiger partial charge on any atom is 0.271 e. The highest BCUT2D eigenvalue weighted by Crippen LogP contribution is 2.19. The van der Waals surface area contributed by atoms with E-state index in [4.69, 9.17) is 27.6 Å². The van der Waals surface area contributed by atoms with E-state index in [2.05, 4.69) is 22.3 Å². The average Bonchev–Trinajstić information content (AvgIpc) is 3.12. The Bertz CT molecular complexity index is 889. The van der Waals surface area contributed by atoms with Crippen molar-refractivity contribution in [1.82, 2.24) is 10.2 Å². The van der Waals surface area contributed by atoms with Crippen LogP contribution in [0.3, 0.4) is 0 Å². The first-order valence-corrected chi connectivity index (χ1v) is 9.91. The number of hydrogen-bond donors (Lipinski definition) is 2. The number of piperazine rings is 1. The van der Waals surface area contributed by atoms with Gasteiger partial charge in [-0.1, -0.05) is 35.3 Å². The van der Waals surface area contributed by atoms with E-state index in [9.17, 15) is 0 Å². The van der Waals surface area contributed by atoms with Crippen molar-refractivity contribution < 1.29 is 14.2 Å². The third-order valence-electron chi connectivity index (χ3n) is 4.97. The van der Waals surface area contributed by atoms with Crippen LogP contribution < -0.4 is 9.80 Å². The van der Waals surface area contributed by atoms with E-state index in [0.717, 1.165) is 49.9 Å². The van der Waals surface area contributed by atoms with Crippen molar-refractivity contribution in [3.8, 4) is 11.5 Å². The molecule has 2 aromatic carbocycles. The van der Waals surface area contributed by atoms with Gasteiger partial charge in [-0.05, 0) is 36.4 Å². The van der Waals surface area contributed by atoms with Crippen molar-refractivity contribution in [2.45, 2.75) is 13.1 Å². The van der Waals surface area contributed by atoms with Crippen molar-refractivity contribution in [2.24, 2.45) is 0 Å². The van der Waals surface area contributed by atoms with Crippen LogP contribution in [0.4, 0.5) is 0 Å². The highest BCUT2D eigenvalue weighted by molar-refractivity contribution is 6.30. The Kier molecular flexibility index (Phi) is 5.74. The van der Waals surface area contributed by atoms with Gasteiger partial charge in [-0.2, -0.15) is 0 Å². The molecule has 7 heteroatoms. The number of halogens is 2. The van der Waals surface area contributed by atoms with E-state index in [1.54, 1.807) is 4.90 Å². The Morgan fingerprint density at radius 3 is 2.22 bits per heavy atom. The molecule has 0 spiro atoms. The number of quaternary nitrogens is 2. The highest BCUT2D eigenvalue weighted by Gasteiger charge is 2.25. The van der Waals surface area contributed by atoms with Gasteiger partial charge in [0.2, 0.25) is 5.89 Å². The fourth-order valence-electron chi connectivity index (χ4n) is 3.49. The molecule has 0 unspecified atom stereocenters. The molecule has 0 radical (unpaired) electrons. The Hall–Kier alpha value is -1.92. The molecular weight excluding hydrogens is 383 g/mol. The molecule has 5 nitrogen and oxygen atoms in total. The lowest BCUT2D eigenvalue weighted by Crippen LogP contribution is -3.27. The minimum Gasteiger partial charge on any atom is -0.415 e. The molecule has 140 valence electrons. The number of rotatable bonds is 5. The Balaban J connectivity index is 1.30. The Morgan fingerprint density at radius 2 is 1.52 bits per heavy atom. The van der Waals surface area contributed by atoms with Crippen LogP contribution in [0.2, 0.25) is 10.0 Å². The second-order valence-electron chi connectivity index (χ2n) is 6.99. The van der Waals surface area contributed by atoms with Gasteiger partial charge in [-0.15, -0.1) is 10.2 Å². The lowest BCUT2D eigenvalue weighted by atomic mass is 10.2. The molecule has 27 heavy (non-hydrogen) atoms. The van der Waals surface area contributed by atoms with E-state index in [1.807, 2.05) is 36.4 Å². The van der Waals surface area contributed by atoms with Crippen LogP contribution >= 0.6 is 23.2 Å². The van der Waals surface area contributed by atoms with Gasteiger partial charge >= 0.3 is 0 Å². The third-order valence-corrected chi connectivity index (χ3v) is 5.45. The summed E-state index contributed by atoms with van der Waals surface area (Å²) < 4.78 is 5.84. The van der Waals surface area contributed by atoms with E-state index < -0.39 is 0 Å². The van der Waals surface area contributed by atoms with Gasteiger partial charge in [0.1, 0.15) is 32.7 Å². The van der Waals surface area contributed by atoms with Crippen molar-refractivity contribution in [3.63, 3.8) is 0 Å². The van der Waals surface area contributed by atoms with Gasteiger partial charge in [0.15, 0.2) is 6.54 Å². The molecular formula is C20H22Cl2N4O+2. The van der Waals surface area contributed by atoms with Crippen molar-refractivity contribution >= 4 is 23.2 Å². The summed E-state index contributed by atoms with van der Waals surface area (Å²) in [6, 6.07) is 15.6. The zero-order valence-electron chi connectivity index (χ0n) is 14.9. The first-order valence-electron chi connectivity index (χ1n) is 9.15. The molecule has 1 saturated heterocycles. The quantitative estimate of drug-likeness (QED) is 0.677. The van der Waals surface area contributed by atoms with Gasteiger partial charge in [0.25, 0.3) is 5.89 Å². The number of nitrogens with one attached hydrogen (secondary N) is 2. The molecule has 2 heterocycles. The summed E-state index contributed by atoms with van der Waals surface area (Å²) in [4.78, 5) is 3.07. The monoisotopic (exact) mass is 404 g/mol. The van der Waals surface area contributed by atoms with Crippen LogP contribution in [-0.4, -0.2) is 36.4 Å². The summed E-state index contributed by atoms with van der Waals surface area (Å²) in [5, 5.41) is 9.89. The first kappa shape index (κ1) is 18.4. The summed E-state index contributed by atoms with van der Waals surface area (Å²) >= 11 is 12.0. The molecule has 1 aliphatic rings. The maximum atomic E-state index is 6.09. The number of aromatic nitrogens is 2. The summed E-state index contributed by atoms with van der Waals surface area (Å²) in [6.07, 6.45) is 0. The van der Waals surface area contributed by atoms with Gasteiger partial charge < -0.3 is 14.2 Å². The molecule has 0 bridgehead atoms. The first-order chi connectivity index (χ1) is 13.2. The molecule has 0 saturated carbocycles. The number of benzene rings is 2. The molecule has 0 aliphatic carbocycles. The minimum atomic E-state index is 0.547. The van der Waals surface area contributed by atoms with E-state index >= 15 is 0 Å². The van der Waals surface area contributed by atoms with Gasteiger partial charge in [-0.3, -0.25) is 0 Å². The lowest BCUT2D eigenvalue weighted by molar-refractivity contribution is -1.02. The SMILES string of the molecule is Clc1ccc(-c2nnc(C[NH+]3CC[NH+](Cc4cccc(Cl)c4)CC3)o2)cc1. The summed E-state index contributed by atoms with van der Waals surface area (Å²) in [6.45, 7) is 6.23. The van der Waals surface area contributed by atoms with E-state index in [0.29, 0.717) is 16.8 Å². The highest BCUT2D eigenvalue weighted by atomic mass is 35.5. The average molecular weight is 405 g/mol. The summed E-state index contributed by atoms with van der Waals surface area (Å²) in [7, 11) is 0. The smallest absolute Gasteiger partial charge is 0.271 e. The second kappa shape index (κ2) is 8.40.